The van der Waals surface area contributed by atoms with Crippen molar-refractivity contribution in [2.45, 2.75) is 17.7 Å². The number of sulfonamides is 1. The second-order valence-corrected chi connectivity index (χ2v) is 12.5. The SMILES string of the molecule is O=C(NCC(=O)N1CCN(CCN2CCCC2)CC1)c1ccc(S(=O)(=O)N(C(=O)c2ccccc2)c2ccccc2)cc1. The summed E-state index contributed by atoms with van der Waals surface area (Å²) in [4.78, 5) is 45.4. The van der Waals surface area contributed by atoms with Crippen LogP contribution in [0.5, 0.6) is 0 Å². The highest BCUT2D eigenvalue weighted by atomic mass is 32.2. The molecular weight excluding hydrogens is 566 g/mol. The molecule has 11 heteroatoms. The zero-order chi connectivity index (χ0) is 30.2. The van der Waals surface area contributed by atoms with Crippen LogP contribution in [0, 0.1) is 0 Å². The van der Waals surface area contributed by atoms with Crippen LogP contribution in [0.25, 0.3) is 0 Å². The Bertz CT molecular complexity index is 1500. The molecule has 0 spiro atoms. The van der Waals surface area contributed by atoms with Crippen LogP contribution < -0.4 is 9.62 Å². The van der Waals surface area contributed by atoms with Crippen LogP contribution in [0.3, 0.4) is 0 Å². The van der Waals surface area contributed by atoms with Gasteiger partial charge in [-0.1, -0.05) is 36.4 Å². The average molecular weight is 604 g/mol. The van der Waals surface area contributed by atoms with E-state index in [0.29, 0.717) is 13.1 Å². The fraction of sp³-hybridized carbons (Fsp3) is 0.344. The van der Waals surface area contributed by atoms with Crippen molar-refractivity contribution in [1.29, 1.82) is 0 Å². The number of nitrogens with zero attached hydrogens (tertiary/aromatic N) is 4. The molecule has 0 aromatic heterocycles. The molecule has 3 aromatic carbocycles. The van der Waals surface area contributed by atoms with E-state index in [4.69, 9.17) is 0 Å². The van der Waals surface area contributed by atoms with E-state index in [-0.39, 0.29) is 34.2 Å². The van der Waals surface area contributed by atoms with Crippen LogP contribution in [-0.4, -0.2) is 99.7 Å². The number of anilines is 1. The second-order valence-electron chi connectivity index (χ2n) is 10.8. The molecule has 0 unspecified atom stereocenters. The van der Waals surface area contributed by atoms with Gasteiger partial charge < -0.3 is 15.1 Å². The lowest BCUT2D eigenvalue weighted by molar-refractivity contribution is -0.131. The molecule has 2 fully saturated rings. The minimum Gasteiger partial charge on any atom is -0.343 e. The van der Waals surface area contributed by atoms with E-state index in [2.05, 4.69) is 15.1 Å². The Labute approximate surface area is 252 Å². The van der Waals surface area contributed by atoms with Gasteiger partial charge in [0, 0.05) is 50.4 Å². The number of benzene rings is 3. The van der Waals surface area contributed by atoms with Gasteiger partial charge in [0.2, 0.25) is 5.91 Å². The number of para-hydroxylation sites is 1. The minimum atomic E-state index is -4.31. The maximum atomic E-state index is 13.7. The first-order valence-corrected chi connectivity index (χ1v) is 16.1. The molecule has 3 amide bonds. The summed E-state index contributed by atoms with van der Waals surface area (Å²) in [5.41, 5.74) is 0.627. The smallest absolute Gasteiger partial charge is 0.272 e. The first kappa shape index (κ1) is 30.4. The number of amides is 3. The van der Waals surface area contributed by atoms with Crippen molar-refractivity contribution in [2.75, 3.05) is 63.2 Å². The largest absolute Gasteiger partial charge is 0.343 e. The predicted octanol–water partition coefficient (Wildman–Crippen LogP) is 2.69. The summed E-state index contributed by atoms with van der Waals surface area (Å²) in [6, 6.07) is 21.7. The van der Waals surface area contributed by atoms with Gasteiger partial charge in [-0.3, -0.25) is 19.3 Å². The standard InChI is InChI=1S/C32H37N5O5S/c38-30(36-23-21-35(22-24-36)20-19-34-17-7-8-18-34)25-33-31(39)26-13-15-29(16-14-26)43(41,42)37(28-11-5-2-6-12-28)32(40)27-9-3-1-4-10-27/h1-6,9-16H,7-8,17-25H2,(H,33,39). The van der Waals surface area contributed by atoms with Gasteiger partial charge in [0.1, 0.15) is 0 Å². The van der Waals surface area contributed by atoms with Crippen LogP contribution in [0.2, 0.25) is 0 Å². The molecule has 43 heavy (non-hydrogen) atoms. The molecule has 2 saturated heterocycles. The highest BCUT2D eigenvalue weighted by Gasteiger charge is 2.32. The summed E-state index contributed by atoms with van der Waals surface area (Å²) in [6.45, 7) is 7.17. The number of carbonyl (C=O) groups excluding carboxylic acids is 3. The maximum absolute atomic E-state index is 13.7. The van der Waals surface area contributed by atoms with Crippen molar-refractivity contribution in [3.05, 3.63) is 96.1 Å². The van der Waals surface area contributed by atoms with E-state index in [1.54, 1.807) is 65.6 Å². The molecule has 0 aliphatic carbocycles. The Kier molecular flexibility index (Phi) is 9.86. The van der Waals surface area contributed by atoms with Gasteiger partial charge in [-0.2, -0.15) is 4.31 Å². The van der Waals surface area contributed by atoms with Gasteiger partial charge in [0.25, 0.3) is 21.8 Å². The van der Waals surface area contributed by atoms with Crippen molar-refractivity contribution in [3.63, 3.8) is 0 Å². The summed E-state index contributed by atoms with van der Waals surface area (Å²) in [6.07, 6.45) is 2.56. The summed E-state index contributed by atoms with van der Waals surface area (Å²) >= 11 is 0. The first-order chi connectivity index (χ1) is 20.8. The molecule has 2 heterocycles. The summed E-state index contributed by atoms with van der Waals surface area (Å²) in [5, 5.41) is 2.65. The molecular formula is C32H37N5O5S. The molecule has 10 nitrogen and oxygen atoms in total. The van der Waals surface area contributed by atoms with Gasteiger partial charge in [0.15, 0.2) is 0 Å². The van der Waals surface area contributed by atoms with Crippen LogP contribution in [0.1, 0.15) is 33.6 Å². The molecule has 226 valence electrons. The number of likely N-dealkylation sites (tertiary alicyclic amines) is 1. The number of hydrogen-bond acceptors (Lipinski definition) is 7. The number of piperazine rings is 1. The summed E-state index contributed by atoms with van der Waals surface area (Å²) < 4.78 is 28.2. The molecule has 0 bridgehead atoms. The van der Waals surface area contributed by atoms with Gasteiger partial charge >= 0.3 is 0 Å². The van der Waals surface area contributed by atoms with Crippen LogP contribution in [0.15, 0.2) is 89.8 Å². The van der Waals surface area contributed by atoms with Crippen molar-refractivity contribution in [3.8, 4) is 0 Å². The second kappa shape index (κ2) is 13.9. The Morgan fingerprint density at radius 3 is 1.84 bits per heavy atom. The van der Waals surface area contributed by atoms with Gasteiger partial charge in [-0.05, 0) is 74.5 Å². The van der Waals surface area contributed by atoms with Crippen LogP contribution >= 0.6 is 0 Å². The minimum absolute atomic E-state index is 0.139. The van der Waals surface area contributed by atoms with Crippen LogP contribution in [0.4, 0.5) is 5.69 Å². The predicted molar refractivity (Wildman–Crippen MR) is 164 cm³/mol. The molecule has 2 aliphatic heterocycles. The highest BCUT2D eigenvalue weighted by Crippen LogP contribution is 2.26. The van der Waals surface area contributed by atoms with Gasteiger partial charge in [-0.15, -0.1) is 0 Å². The van der Waals surface area contributed by atoms with E-state index in [0.717, 1.165) is 30.5 Å². The van der Waals surface area contributed by atoms with Crippen molar-refractivity contribution in [1.82, 2.24) is 20.0 Å². The molecule has 5 rings (SSSR count). The molecule has 0 radical (unpaired) electrons. The Balaban J connectivity index is 1.18. The Morgan fingerprint density at radius 2 is 1.23 bits per heavy atom. The van der Waals surface area contributed by atoms with Gasteiger partial charge in [0.05, 0.1) is 17.1 Å². The van der Waals surface area contributed by atoms with E-state index in [1.165, 1.54) is 50.2 Å². The Hall–Kier alpha value is -4.06. The van der Waals surface area contributed by atoms with Crippen molar-refractivity contribution in [2.24, 2.45) is 0 Å². The third-order valence-electron chi connectivity index (χ3n) is 7.91. The topological polar surface area (TPSA) is 110 Å². The number of nitrogens with one attached hydrogen (secondary N) is 1. The summed E-state index contributed by atoms with van der Waals surface area (Å²) in [7, 11) is -4.31. The number of rotatable bonds is 10. The Morgan fingerprint density at radius 1 is 0.674 bits per heavy atom. The fourth-order valence-electron chi connectivity index (χ4n) is 5.39. The lowest BCUT2D eigenvalue weighted by Crippen LogP contribution is -2.52. The monoisotopic (exact) mass is 603 g/mol. The third-order valence-corrected chi connectivity index (χ3v) is 9.63. The maximum Gasteiger partial charge on any atom is 0.272 e. The van der Waals surface area contributed by atoms with Crippen molar-refractivity contribution >= 4 is 33.4 Å². The van der Waals surface area contributed by atoms with Gasteiger partial charge in [-0.25, -0.2) is 8.42 Å². The van der Waals surface area contributed by atoms with Crippen LogP contribution in [-0.2, 0) is 14.8 Å². The normalized spacial score (nSPS) is 16.1. The zero-order valence-electron chi connectivity index (χ0n) is 24.1. The highest BCUT2D eigenvalue weighted by molar-refractivity contribution is 7.93. The molecule has 2 aliphatic rings. The fourth-order valence-corrected chi connectivity index (χ4v) is 6.80. The lowest BCUT2D eigenvalue weighted by atomic mass is 10.2. The number of carbonyl (C=O) groups is 3. The molecule has 0 atom stereocenters. The van der Waals surface area contributed by atoms with E-state index in [1.807, 2.05) is 0 Å². The van der Waals surface area contributed by atoms with E-state index in [9.17, 15) is 22.8 Å². The van der Waals surface area contributed by atoms with E-state index < -0.39 is 21.8 Å². The van der Waals surface area contributed by atoms with E-state index >= 15 is 0 Å². The molecule has 3 aromatic rings. The quantitative estimate of drug-likeness (QED) is 0.380. The lowest BCUT2D eigenvalue weighted by Gasteiger charge is -2.35. The third kappa shape index (κ3) is 7.48. The van der Waals surface area contributed by atoms with Crippen molar-refractivity contribution < 1.29 is 22.8 Å². The molecule has 0 saturated carbocycles. The first-order valence-electron chi connectivity index (χ1n) is 14.6. The zero-order valence-corrected chi connectivity index (χ0v) is 24.9. The summed E-state index contributed by atoms with van der Waals surface area (Å²) in [5.74, 6) is -1.33. The average Bonchev–Trinajstić information content (AvgIpc) is 3.57. The molecule has 1 N–H and O–H groups in total. The number of hydrogen-bond donors (Lipinski definition) is 1.